The van der Waals surface area contributed by atoms with Gasteiger partial charge in [-0.3, -0.25) is 5.32 Å². The Bertz CT molecular complexity index is 637. The van der Waals surface area contributed by atoms with Gasteiger partial charge in [-0.25, -0.2) is 4.99 Å². The number of rotatable bonds is 3. The first-order valence-electron chi connectivity index (χ1n) is 6.79. The molecule has 4 N–H and O–H groups in total. The molecule has 0 aromatic carbocycles. The number of fused-ring (bicyclic) bond motifs is 1. The van der Waals surface area contributed by atoms with Gasteiger partial charge in [0.25, 0.3) is 0 Å². The lowest BCUT2D eigenvalue weighted by atomic mass is 10.1. The van der Waals surface area contributed by atoms with Crippen molar-refractivity contribution in [2.45, 2.75) is 25.2 Å². The number of aromatic nitrogens is 1. The molecule has 7 heteroatoms. The van der Waals surface area contributed by atoms with Crippen LogP contribution in [0.1, 0.15) is 18.4 Å². The highest BCUT2D eigenvalue weighted by molar-refractivity contribution is 5.47. The molecule has 1 atom stereocenters. The summed E-state index contributed by atoms with van der Waals surface area (Å²) in [6.45, 7) is 1.55. The van der Waals surface area contributed by atoms with Gasteiger partial charge in [0.2, 0.25) is 0 Å². The molecule has 0 saturated carbocycles. The van der Waals surface area contributed by atoms with Crippen molar-refractivity contribution in [1.29, 1.82) is 5.26 Å². The third-order valence-corrected chi connectivity index (χ3v) is 3.61. The maximum absolute atomic E-state index is 9.21. The normalized spacial score (nSPS) is 22.4. The molecule has 1 aromatic rings. The highest BCUT2D eigenvalue weighted by Crippen LogP contribution is 2.08. The molecule has 3 rings (SSSR count). The summed E-state index contributed by atoms with van der Waals surface area (Å²) < 4.78 is 5.37. The maximum Gasteiger partial charge on any atom is 0.176 e. The zero-order chi connectivity index (χ0) is 13.9. The molecule has 2 aliphatic heterocycles. The molecular formula is C13H18N6O. The van der Waals surface area contributed by atoms with Crippen LogP contribution in [0.2, 0.25) is 0 Å². The van der Waals surface area contributed by atoms with Gasteiger partial charge in [0.05, 0.1) is 10.8 Å². The minimum absolute atomic E-state index is 0.199. The highest BCUT2D eigenvalue weighted by atomic mass is 16.5. The predicted molar refractivity (Wildman–Crippen MR) is 72.7 cm³/mol. The van der Waals surface area contributed by atoms with Crippen LogP contribution in [0.25, 0.3) is 5.82 Å². The van der Waals surface area contributed by atoms with Crippen molar-refractivity contribution in [3.05, 3.63) is 22.5 Å². The van der Waals surface area contributed by atoms with E-state index in [1.807, 2.05) is 7.05 Å². The summed E-state index contributed by atoms with van der Waals surface area (Å²) in [5, 5.41) is 19.9. The van der Waals surface area contributed by atoms with Gasteiger partial charge in [0.15, 0.2) is 6.29 Å². The van der Waals surface area contributed by atoms with Crippen LogP contribution in [0.5, 0.6) is 0 Å². The van der Waals surface area contributed by atoms with E-state index in [1.165, 1.54) is 0 Å². The Morgan fingerprint density at radius 3 is 2.95 bits per heavy atom. The van der Waals surface area contributed by atoms with E-state index in [9.17, 15) is 5.26 Å². The van der Waals surface area contributed by atoms with Gasteiger partial charge < -0.3 is 20.4 Å². The standard InChI is InChI=1S/C13H18N6O/c1-15-13-18-11-10(8(6-14)7-16-11)12(19-13)17-9-2-4-20-5-3-9/h7,9,13,15,17,19H,2-5H2,1H3,(H,16,18). The number of ether oxygens (including phenoxy) is 1. The lowest BCUT2D eigenvalue weighted by Gasteiger charge is -2.28. The fourth-order valence-electron chi connectivity index (χ4n) is 2.52. The lowest BCUT2D eigenvalue weighted by molar-refractivity contribution is 0.0813. The monoisotopic (exact) mass is 274 g/mol. The van der Waals surface area contributed by atoms with Crippen molar-refractivity contribution < 1.29 is 4.74 Å². The first-order chi connectivity index (χ1) is 9.81. The first-order valence-corrected chi connectivity index (χ1v) is 6.79. The second kappa shape index (κ2) is 5.53. The Hall–Kier alpha value is -2.04. The number of hydrogen-bond donors (Lipinski definition) is 4. The molecule has 1 unspecified atom stereocenters. The molecule has 0 radical (unpaired) electrons. The summed E-state index contributed by atoms with van der Waals surface area (Å²) in [6.07, 6.45) is 3.43. The second-order valence-corrected chi connectivity index (χ2v) is 4.91. The van der Waals surface area contributed by atoms with Gasteiger partial charge in [0.1, 0.15) is 17.4 Å². The zero-order valence-corrected chi connectivity index (χ0v) is 11.4. The van der Waals surface area contributed by atoms with Crippen molar-refractivity contribution in [2.75, 3.05) is 20.3 Å². The van der Waals surface area contributed by atoms with Gasteiger partial charge in [-0.1, -0.05) is 0 Å². The molecule has 1 fully saturated rings. The van der Waals surface area contributed by atoms with Crippen molar-refractivity contribution in [2.24, 2.45) is 4.99 Å². The van der Waals surface area contributed by atoms with Gasteiger partial charge in [-0.15, -0.1) is 0 Å². The lowest BCUT2D eigenvalue weighted by Crippen LogP contribution is -2.54. The average molecular weight is 274 g/mol. The fraction of sp³-hybridized carbons (Fsp3) is 0.538. The Morgan fingerprint density at radius 2 is 2.25 bits per heavy atom. The quantitative estimate of drug-likeness (QED) is 0.535. The molecule has 106 valence electrons. The van der Waals surface area contributed by atoms with E-state index >= 15 is 0 Å². The summed E-state index contributed by atoms with van der Waals surface area (Å²) >= 11 is 0. The van der Waals surface area contributed by atoms with Crippen molar-refractivity contribution in [3.8, 4) is 6.07 Å². The van der Waals surface area contributed by atoms with E-state index in [4.69, 9.17) is 4.74 Å². The molecule has 1 saturated heterocycles. The molecule has 20 heavy (non-hydrogen) atoms. The Balaban J connectivity index is 1.98. The van der Waals surface area contributed by atoms with Crippen LogP contribution in [0.15, 0.2) is 11.2 Å². The van der Waals surface area contributed by atoms with Gasteiger partial charge in [-0.05, 0) is 19.9 Å². The minimum Gasteiger partial charge on any atom is -0.381 e. The van der Waals surface area contributed by atoms with Crippen molar-refractivity contribution in [3.63, 3.8) is 0 Å². The number of nitriles is 1. The third-order valence-electron chi connectivity index (χ3n) is 3.61. The van der Waals surface area contributed by atoms with Crippen molar-refractivity contribution in [1.82, 2.24) is 20.9 Å². The third kappa shape index (κ3) is 2.35. The average Bonchev–Trinajstić information content (AvgIpc) is 2.91. The minimum atomic E-state index is -0.199. The summed E-state index contributed by atoms with van der Waals surface area (Å²) in [5.41, 5.74) is 1.33. The largest absolute Gasteiger partial charge is 0.381 e. The van der Waals surface area contributed by atoms with E-state index in [-0.39, 0.29) is 6.29 Å². The predicted octanol–water partition coefficient (Wildman–Crippen LogP) is -1.55. The van der Waals surface area contributed by atoms with Gasteiger partial charge >= 0.3 is 0 Å². The van der Waals surface area contributed by atoms with E-state index in [1.54, 1.807) is 6.20 Å². The molecule has 3 heterocycles. The molecule has 0 amide bonds. The molecule has 0 aliphatic carbocycles. The van der Waals surface area contributed by atoms with Crippen LogP contribution >= 0.6 is 0 Å². The zero-order valence-electron chi connectivity index (χ0n) is 11.4. The van der Waals surface area contributed by atoms with Crippen LogP contribution in [0.3, 0.4) is 0 Å². The van der Waals surface area contributed by atoms with Gasteiger partial charge in [-0.2, -0.15) is 5.26 Å². The van der Waals surface area contributed by atoms with Crippen LogP contribution < -0.4 is 26.7 Å². The fourth-order valence-corrected chi connectivity index (χ4v) is 2.52. The number of nitrogens with one attached hydrogen (secondary N) is 4. The van der Waals surface area contributed by atoms with Crippen LogP contribution in [-0.2, 0) is 4.74 Å². The summed E-state index contributed by atoms with van der Waals surface area (Å²) in [5.74, 6) is 0.860. The van der Waals surface area contributed by atoms with E-state index < -0.39 is 0 Å². The molecular weight excluding hydrogens is 256 g/mol. The van der Waals surface area contributed by atoms with Crippen LogP contribution in [-0.4, -0.2) is 37.6 Å². The molecule has 0 spiro atoms. The Morgan fingerprint density at radius 1 is 1.45 bits per heavy atom. The number of hydrogen-bond acceptors (Lipinski definition) is 6. The van der Waals surface area contributed by atoms with Gasteiger partial charge in [0, 0.05) is 25.5 Å². The number of H-pyrrole nitrogens is 1. The first kappa shape index (κ1) is 13.0. The van der Waals surface area contributed by atoms with Crippen molar-refractivity contribution >= 4 is 5.82 Å². The maximum atomic E-state index is 9.21. The summed E-state index contributed by atoms with van der Waals surface area (Å²) in [4.78, 5) is 7.52. The summed E-state index contributed by atoms with van der Waals surface area (Å²) in [7, 11) is 1.84. The molecule has 2 aliphatic rings. The Labute approximate surface area is 116 Å². The van der Waals surface area contributed by atoms with E-state index in [0.717, 1.165) is 42.6 Å². The SMILES string of the molecule is CNC1N=c2[nH]cc(C#N)c2=C(NC2CCOCC2)N1. The smallest absolute Gasteiger partial charge is 0.176 e. The summed E-state index contributed by atoms with van der Waals surface area (Å²) in [6, 6.07) is 2.56. The highest BCUT2D eigenvalue weighted by Gasteiger charge is 2.20. The Kier molecular flexibility index (Phi) is 3.58. The van der Waals surface area contributed by atoms with Crippen LogP contribution in [0, 0.1) is 11.3 Å². The second-order valence-electron chi connectivity index (χ2n) is 4.91. The van der Waals surface area contributed by atoms with E-state index in [2.05, 4.69) is 32.0 Å². The van der Waals surface area contributed by atoms with E-state index in [0.29, 0.717) is 11.6 Å². The number of nitrogens with zero attached hydrogens (tertiary/aromatic N) is 2. The number of aromatic amines is 1. The van der Waals surface area contributed by atoms with Crippen LogP contribution in [0.4, 0.5) is 0 Å². The molecule has 1 aromatic heterocycles. The molecule has 0 bridgehead atoms. The topological polar surface area (TPSA) is 97.3 Å². The molecule has 7 nitrogen and oxygen atoms in total.